The second-order valence-corrected chi connectivity index (χ2v) is 9.17. The van der Waals surface area contributed by atoms with Crippen LogP contribution >= 0.6 is 0 Å². The Hall–Kier alpha value is -2.54. The van der Waals surface area contributed by atoms with Crippen molar-refractivity contribution in [2.75, 3.05) is 0 Å². The summed E-state index contributed by atoms with van der Waals surface area (Å²) in [6.07, 6.45) is 0. The van der Waals surface area contributed by atoms with E-state index in [9.17, 15) is 5.11 Å². The average molecular weight is 373 g/mol. The molecule has 1 nitrogen and oxygen atoms in total. The highest BCUT2D eigenvalue weighted by molar-refractivity contribution is 5.54. The van der Waals surface area contributed by atoms with Crippen LogP contribution in [0.25, 0.3) is 0 Å². The number of hydrogen-bond acceptors (Lipinski definition) is 1. The molecule has 0 aliphatic carbocycles. The Balaban J connectivity index is 2.08. The summed E-state index contributed by atoms with van der Waals surface area (Å²) in [6, 6.07) is 21.5. The molecule has 3 aromatic rings. The van der Waals surface area contributed by atoms with Gasteiger partial charge in [-0.05, 0) is 49.1 Å². The van der Waals surface area contributed by atoms with Crippen LogP contribution in [0.15, 0.2) is 60.7 Å². The molecule has 0 aliphatic rings. The largest absolute Gasteiger partial charge is 0.508 e. The third-order valence-corrected chi connectivity index (χ3v) is 6.21. The molecule has 1 heteroatoms. The summed E-state index contributed by atoms with van der Waals surface area (Å²) in [5.74, 6) is 0.376. The third kappa shape index (κ3) is 3.58. The average Bonchev–Trinajstić information content (AvgIpc) is 2.61. The van der Waals surface area contributed by atoms with Gasteiger partial charge in [-0.25, -0.2) is 0 Å². The molecule has 0 saturated carbocycles. The molecule has 0 radical (unpaired) electrons. The number of rotatable bonds is 4. The van der Waals surface area contributed by atoms with Crippen molar-refractivity contribution in [2.24, 2.45) is 0 Å². The number of aryl methyl sites for hydroxylation is 3. The molecule has 3 rings (SSSR count). The van der Waals surface area contributed by atoms with Crippen molar-refractivity contribution in [1.82, 2.24) is 0 Å². The summed E-state index contributed by atoms with van der Waals surface area (Å²) in [5.41, 5.74) is 7.78. The Morgan fingerprint density at radius 2 is 1.00 bits per heavy atom. The molecular formula is C27H32O. The number of phenols is 1. The van der Waals surface area contributed by atoms with Crippen LogP contribution in [-0.4, -0.2) is 5.11 Å². The highest BCUT2D eigenvalue weighted by Crippen LogP contribution is 2.42. The Kier molecular flexibility index (Phi) is 5.14. The van der Waals surface area contributed by atoms with E-state index in [0.717, 1.165) is 16.7 Å². The number of benzene rings is 3. The van der Waals surface area contributed by atoms with Crippen LogP contribution in [0.2, 0.25) is 0 Å². The molecule has 0 fully saturated rings. The van der Waals surface area contributed by atoms with Gasteiger partial charge in [0.2, 0.25) is 0 Å². The van der Waals surface area contributed by atoms with Gasteiger partial charge in [0.15, 0.2) is 0 Å². The molecule has 0 amide bonds. The maximum absolute atomic E-state index is 11.1. The second-order valence-electron chi connectivity index (χ2n) is 9.17. The molecule has 0 saturated heterocycles. The van der Waals surface area contributed by atoms with Crippen molar-refractivity contribution < 1.29 is 5.11 Å². The molecule has 0 heterocycles. The van der Waals surface area contributed by atoms with Crippen molar-refractivity contribution in [3.8, 4) is 5.75 Å². The zero-order chi connectivity index (χ0) is 20.7. The van der Waals surface area contributed by atoms with Gasteiger partial charge in [0.1, 0.15) is 5.75 Å². The topological polar surface area (TPSA) is 20.2 Å². The third-order valence-electron chi connectivity index (χ3n) is 6.21. The van der Waals surface area contributed by atoms with E-state index in [0.29, 0.717) is 5.75 Å². The zero-order valence-corrected chi connectivity index (χ0v) is 18.2. The lowest BCUT2D eigenvalue weighted by atomic mass is 9.72. The van der Waals surface area contributed by atoms with E-state index < -0.39 is 0 Å². The predicted octanol–water partition coefficient (Wildman–Crippen LogP) is 6.97. The van der Waals surface area contributed by atoms with Gasteiger partial charge in [0.25, 0.3) is 0 Å². The van der Waals surface area contributed by atoms with Crippen LogP contribution in [0.3, 0.4) is 0 Å². The lowest BCUT2D eigenvalue weighted by molar-refractivity contribution is 0.449. The first-order chi connectivity index (χ1) is 13.0. The molecule has 0 atom stereocenters. The van der Waals surface area contributed by atoms with Crippen molar-refractivity contribution in [1.29, 1.82) is 0 Å². The highest BCUT2D eigenvalue weighted by atomic mass is 16.3. The maximum atomic E-state index is 11.1. The molecule has 0 unspecified atom stereocenters. The van der Waals surface area contributed by atoms with E-state index >= 15 is 0 Å². The molecule has 0 bridgehead atoms. The summed E-state index contributed by atoms with van der Waals surface area (Å²) >= 11 is 0. The van der Waals surface area contributed by atoms with Gasteiger partial charge in [-0.3, -0.25) is 0 Å². The minimum absolute atomic E-state index is 0.178. The number of phenolic OH excluding ortho intramolecular Hbond substituents is 1. The summed E-state index contributed by atoms with van der Waals surface area (Å²) in [6.45, 7) is 15.1. The number of hydrogen-bond donors (Lipinski definition) is 1. The van der Waals surface area contributed by atoms with Gasteiger partial charge in [-0.2, -0.15) is 0 Å². The lowest BCUT2D eigenvalue weighted by Crippen LogP contribution is -2.23. The fourth-order valence-corrected chi connectivity index (χ4v) is 4.19. The predicted molar refractivity (Wildman–Crippen MR) is 119 cm³/mol. The zero-order valence-electron chi connectivity index (χ0n) is 18.2. The Bertz CT molecular complexity index is 951. The quantitative estimate of drug-likeness (QED) is 0.524. The summed E-state index contributed by atoms with van der Waals surface area (Å²) in [5, 5.41) is 11.1. The van der Waals surface area contributed by atoms with E-state index in [1.165, 1.54) is 22.3 Å². The fraction of sp³-hybridized carbons (Fsp3) is 0.333. The minimum atomic E-state index is -0.269. The first kappa shape index (κ1) is 20.2. The molecule has 3 aromatic carbocycles. The van der Waals surface area contributed by atoms with Crippen molar-refractivity contribution in [2.45, 2.75) is 59.3 Å². The SMILES string of the molecule is Cc1ccc(C(C)(C)c2cc(C)c(C(C)(C)c3ccc(C)cc3)c(O)c2)cc1. The van der Waals surface area contributed by atoms with E-state index in [4.69, 9.17) is 0 Å². The normalized spacial score (nSPS) is 12.2. The molecule has 0 spiro atoms. The monoisotopic (exact) mass is 372 g/mol. The van der Waals surface area contributed by atoms with E-state index in [1.54, 1.807) is 0 Å². The van der Waals surface area contributed by atoms with Crippen LogP contribution in [0.4, 0.5) is 0 Å². The van der Waals surface area contributed by atoms with E-state index in [2.05, 4.69) is 103 Å². The van der Waals surface area contributed by atoms with Crippen LogP contribution < -0.4 is 0 Å². The Morgan fingerprint density at radius 3 is 1.43 bits per heavy atom. The van der Waals surface area contributed by atoms with Gasteiger partial charge in [-0.15, -0.1) is 0 Å². The van der Waals surface area contributed by atoms with Gasteiger partial charge < -0.3 is 5.11 Å². The van der Waals surface area contributed by atoms with E-state index in [1.807, 2.05) is 6.07 Å². The molecular weight excluding hydrogens is 340 g/mol. The fourth-order valence-electron chi connectivity index (χ4n) is 4.19. The Labute approximate surface area is 170 Å². The maximum Gasteiger partial charge on any atom is 0.120 e. The van der Waals surface area contributed by atoms with Gasteiger partial charge in [0.05, 0.1) is 0 Å². The van der Waals surface area contributed by atoms with Crippen LogP contribution in [0.1, 0.15) is 66.6 Å². The Morgan fingerprint density at radius 1 is 0.571 bits per heavy atom. The molecule has 1 N–H and O–H groups in total. The van der Waals surface area contributed by atoms with E-state index in [-0.39, 0.29) is 10.8 Å². The van der Waals surface area contributed by atoms with Crippen LogP contribution in [-0.2, 0) is 10.8 Å². The summed E-state index contributed by atoms with van der Waals surface area (Å²) in [7, 11) is 0. The molecule has 146 valence electrons. The summed E-state index contributed by atoms with van der Waals surface area (Å²) in [4.78, 5) is 0. The lowest BCUT2D eigenvalue weighted by Gasteiger charge is -2.32. The first-order valence-electron chi connectivity index (χ1n) is 10.0. The highest BCUT2D eigenvalue weighted by Gasteiger charge is 2.31. The molecule has 28 heavy (non-hydrogen) atoms. The van der Waals surface area contributed by atoms with Crippen molar-refractivity contribution in [3.05, 3.63) is 99.6 Å². The molecule has 0 aliphatic heterocycles. The first-order valence-corrected chi connectivity index (χ1v) is 10.0. The van der Waals surface area contributed by atoms with Gasteiger partial charge in [0, 0.05) is 16.4 Å². The van der Waals surface area contributed by atoms with Crippen LogP contribution in [0, 0.1) is 20.8 Å². The van der Waals surface area contributed by atoms with Gasteiger partial charge in [-0.1, -0.05) is 93.4 Å². The summed E-state index contributed by atoms with van der Waals surface area (Å²) < 4.78 is 0. The smallest absolute Gasteiger partial charge is 0.120 e. The number of aromatic hydroxyl groups is 1. The molecule has 0 aromatic heterocycles. The minimum Gasteiger partial charge on any atom is -0.508 e. The standard InChI is InChI=1S/C27H32O/c1-18-8-12-21(13-9-18)26(4,5)23-16-20(3)25(24(28)17-23)27(6,7)22-14-10-19(2)11-15-22/h8-17,28H,1-7H3. The van der Waals surface area contributed by atoms with Crippen molar-refractivity contribution in [3.63, 3.8) is 0 Å². The van der Waals surface area contributed by atoms with Gasteiger partial charge >= 0.3 is 0 Å². The van der Waals surface area contributed by atoms with Crippen LogP contribution in [0.5, 0.6) is 5.75 Å². The second kappa shape index (κ2) is 7.13. The van der Waals surface area contributed by atoms with Crippen molar-refractivity contribution >= 4 is 0 Å².